The molecule has 3 rings (SSSR count). The van der Waals surface area contributed by atoms with Crippen molar-refractivity contribution in [2.75, 3.05) is 11.1 Å². The van der Waals surface area contributed by atoms with Crippen LogP contribution in [0.4, 0.5) is 24.9 Å². The predicted octanol–water partition coefficient (Wildman–Crippen LogP) is 3.42. The van der Waals surface area contributed by atoms with Gasteiger partial charge in [-0.15, -0.1) is 0 Å². The molecule has 0 saturated carbocycles. The maximum Gasteiger partial charge on any atom is 0.490 e. The van der Waals surface area contributed by atoms with Crippen molar-refractivity contribution in [3.63, 3.8) is 0 Å². The van der Waals surface area contributed by atoms with Gasteiger partial charge in [-0.3, -0.25) is 0 Å². The monoisotopic (exact) mass is 422 g/mol. The molecule has 30 heavy (non-hydrogen) atoms. The number of carboxylic acid groups (broad SMARTS) is 1. The lowest BCUT2D eigenvalue weighted by Gasteiger charge is -2.10. The number of aromatic nitrogens is 4. The molecule has 0 radical (unpaired) electrons. The van der Waals surface area contributed by atoms with E-state index in [4.69, 9.17) is 15.6 Å². The Kier molecular flexibility index (Phi) is 6.98. The molecular weight excluding hydrogens is 401 g/mol. The van der Waals surface area contributed by atoms with Crippen LogP contribution in [-0.2, 0) is 11.3 Å². The Morgan fingerprint density at radius 1 is 1.13 bits per heavy atom. The SMILES string of the molecule is Cc1nn(-c2ccccc2)cc1CNc1nc(N)nc(C)c1C.O=C(O)C(F)(F)F. The molecule has 0 atom stereocenters. The van der Waals surface area contributed by atoms with Crippen molar-refractivity contribution in [2.24, 2.45) is 0 Å². The summed E-state index contributed by atoms with van der Waals surface area (Å²) in [6, 6.07) is 10.1. The summed E-state index contributed by atoms with van der Waals surface area (Å²) in [6.07, 6.45) is -3.05. The summed E-state index contributed by atoms with van der Waals surface area (Å²) in [7, 11) is 0. The molecule has 0 spiro atoms. The average molecular weight is 422 g/mol. The van der Waals surface area contributed by atoms with Gasteiger partial charge in [0.2, 0.25) is 5.95 Å². The first-order valence-electron chi connectivity index (χ1n) is 8.74. The lowest BCUT2D eigenvalue weighted by atomic mass is 10.2. The number of nitrogens with zero attached hydrogens (tertiary/aromatic N) is 4. The summed E-state index contributed by atoms with van der Waals surface area (Å²) >= 11 is 0. The highest BCUT2D eigenvalue weighted by Gasteiger charge is 2.38. The number of anilines is 2. The molecule has 0 saturated heterocycles. The molecule has 0 aliphatic rings. The number of hydrogen-bond donors (Lipinski definition) is 3. The number of nitrogens with two attached hydrogens (primary N) is 1. The third-order valence-corrected chi connectivity index (χ3v) is 4.12. The van der Waals surface area contributed by atoms with E-state index in [9.17, 15) is 13.2 Å². The second kappa shape index (κ2) is 9.25. The third-order valence-electron chi connectivity index (χ3n) is 4.12. The van der Waals surface area contributed by atoms with Gasteiger partial charge in [-0.1, -0.05) is 18.2 Å². The number of nitrogen functional groups attached to an aromatic ring is 1. The van der Waals surface area contributed by atoms with Crippen molar-refractivity contribution in [3.05, 3.63) is 59.0 Å². The van der Waals surface area contributed by atoms with E-state index in [1.807, 2.05) is 62.0 Å². The third kappa shape index (κ3) is 5.93. The van der Waals surface area contributed by atoms with E-state index >= 15 is 0 Å². The van der Waals surface area contributed by atoms with Crippen LogP contribution in [0.25, 0.3) is 5.69 Å². The predicted molar refractivity (Wildman–Crippen MR) is 105 cm³/mol. The molecule has 0 aliphatic heterocycles. The van der Waals surface area contributed by atoms with Crippen molar-refractivity contribution in [1.29, 1.82) is 0 Å². The molecule has 0 bridgehead atoms. The van der Waals surface area contributed by atoms with Crippen LogP contribution in [0.2, 0.25) is 0 Å². The fourth-order valence-electron chi connectivity index (χ4n) is 2.38. The summed E-state index contributed by atoms with van der Waals surface area (Å²) in [6.45, 7) is 6.55. The smallest absolute Gasteiger partial charge is 0.475 e. The van der Waals surface area contributed by atoms with Crippen LogP contribution in [0, 0.1) is 20.8 Å². The maximum absolute atomic E-state index is 10.6. The average Bonchev–Trinajstić information content (AvgIpc) is 3.04. The second-order valence-corrected chi connectivity index (χ2v) is 6.32. The molecule has 3 aromatic rings. The normalized spacial score (nSPS) is 10.9. The first kappa shape index (κ1) is 22.7. The van der Waals surface area contributed by atoms with E-state index in [1.54, 1.807) is 0 Å². The van der Waals surface area contributed by atoms with E-state index in [0.717, 1.165) is 34.0 Å². The van der Waals surface area contributed by atoms with Crippen LogP contribution >= 0.6 is 0 Å². The molecule has 2 heterocycles. The van der Waals surface area contributed by atoms with Crippen molar-refractivity contribution in [3.8, 4) is 5.69 Å². The fraction of sp³-hybridized carbons (Fsp3) is 0.263. The topological polar surface area (TPSA) is 119 Å². The van der Waals surface area contributed by atoms with Crippen LogP contribution in [0.5, 0.6) is 0 Å². The van der Waals surface area contributed by atoms with Gasteiger partial charge < -0.3 is 16.2 Å². The molecule has 11 heteroatoms. The quantitative estimate of drug-likeness (QED) is 0.589. The Morgan fingerprint density at radius 2 is 1.73 bits per heavy atom. The van der Waals surface area contributed by atoms with Gasteiger partial charge in [0, 0.05) is 29.6 Å². The Hall–Kier alpha value is -3.63. The van der Waals surface area contributed by atoms with E-state index in [-0.39, 0.29) is 5.95 Å². The molecule has 0 aliphatic carbocycles. The number of alkyl halides is 3. The fourth-order valence-corrected chi connectivity index (χ4v) is 2.38. The minimum Gasteiger partial charge on any atom is -0.475 e. The van der Waals surface area contributed by atoms with Crippen LogP contribution < -0.4 is 11.1 Å². The molecular formula is C19H21F3N6O2. The van der Waals surface area contributed by atoms with Crippen molar-refractivity contribution < 1.29 is 23.1 Å². The van der Waals surface area contributed by atoms with Gasteiger partial charge in [0.25, 0.3) is 0 Å². The van der Waals surface area contributed by atoms with Crippen molar-refractivity contribution >= 4 is 17.7 Å². The number of aryl methyl sites for hydroxylation is 2. The number of carboxylic acids is 1. The molecule has 0 unspecified atom stereocenters. The van der Waals surface area contributed by atoms with E-state index in [2.05, 4.69) is 20.4 Å². The highest BCUT2D eigenvalue weighted by molar-refractivity contribution is 5.73. The molecule has 0 amide bonds. The number of nitrogens with one attached hydrogen (secondary N) is 1. The van der Waals surface area contributed by atoms with Crippen molar-refractivity contribution in [2.45, 2.75) is 33.5 Å². The van der Waals surface area contributed by atoms with Crippen LogP contribution in [-0.4, -0.2) is 37.0 Å². The lowest BCUT2D eigenvalue weighted by molar-refractivity contribution is -0.192. The summed E-state index contributed by atoms with van der Waals surface area (Å²) in [5.74, 6) is -1.71. The zero-order valence-electron chi connectivity index (χ0n) is 16.5. The van der Waals surface area contributed by atoms with Gasteiger partial charge in [0.15, 0.2) is 0 Å². The van der Waals surface area contributed by atoms with Gasteiger partial charge in [-0.25, -0.2) is 14.5 Å². The first-order valence-corrected chi connectivity index (χ1v) is 8.74. The summed E-state index contributed by atoms with van der Waals surface area (Å²) in [5.41, 5.74) is 10.8. The lowest BCUT2D eigenvalue weighted by Crippen LogP contribution is -2.21. The number of hydrogen-bond acceptors (Lipinski definition) is 6. The number of rotatable bonds is 4. The Balaban J connectivity index is 0.000000396. The molecule has 4 N–H and O–H groups in total. The van der Waals surface area contributed by atoms with E-state index in [1.165, 1.54) is 0 Å². The highest BCUT2D eigenvalue weighted by Crippen LogP contribution is 2.18. The molecule has 160 valence electrons. The van der Waals surface area contributed by atoms with Gasteiger partial charge in [-0.2, -0.15) is 23.3 Å². The number of aliphatic carboxylic acids is 1. The summed E-state index contributed by atoms with van der Waals surface area (Å²) < 4.78 is 33.6. The Labute approximate surface area is 170 Å². The molecule has 8 nitrogen and oxygen atoms in total. The highest BCUT2D eigenvalue weighted by atomic mass is 19.4. The van der Waals surface area contributed by atoms with Crippen LogP contribution in [0.1, 0.15) is 22.5 Å². The van der Waals surface area contributed by atoms with Crippen molar-refractivity contribution in [1.82, 2.24) is 19.7 Å². The van der Waals surface area contributed by atoms with Crippen LogP contribution in [0.15, 0.2) is 36.5 Å². The Morgan fingerprint density at radius 3 is 2.30 bits per heavy atom. The second-order valence-electron chi connectivity index (χ2n) is 6.32. The first-order chi connectivity index (χ1) is 14.0. The zero-order chi connectivity index (χ0) is 22.5. The number of halogens is 3. The molecule has 2 aromatic heterocycles. The molecule has 0 fully saturated rings. The Bertz CT molecular complexity index is 1020. The van der Waals surface area contributed by atoms with Gasteiger partial charge in [0.1, 0.15) is 5.82 Å². The molecule has 1 aromatic carbocycles. The number of carbonyl (C=O) groups is 1. The number of benzene rings is 1. The van der Waals surface area contributed by atoms with Gasteiger partial charge in [-0.05, 0) is 32.9 Å². The largest absolute Gasteiger partial charge is 0.490 e. The minimum absolute atomic E-state index is 0.285. The number of para-hydroxylation sites is 1. The summed E-state index contributed by atoms with van der Waals surface area (Å²) in [5, 5.41) is 15.0. The summed E-state index contributed by atoms with van der Waals surface area (Å²) in [4.78, 5) is 17.3. The van der Waals surface area contributed by atoms with E-state index < -0.39 is 12.1 Å². The van der Waals surface area contributed by atoms with E-state index in [0.29, 0.717) is 6.54 Å². The zero-order valence-corrected chi connectivity index (χ0v) is 16.5. The standard InChI is InChI=1S/C17H20N6.C2HF3O2/c1-11-12(2)20-17(18)21-16(11)19-9-14-10-23(22-13(14)3)15-7-5-4-6-8-15;3-2(4,5)1(6)7/h4-8,10H,9H2,1-3H3,(H3,18,19,20,21);(H,6,7). The minimum atomic E-state index is -5.08. The van der Waals surface area contributed by atoms with Gasteiger partial charge >= 0.3 is 12.1 Å². The maximum atomic E-state index is 10.6. The van der Waals surface area contributed by atoms with Crippen LogP contribution in [0.3, 0.4) is 0 Å². The van der Waals surface area contributed by atoms with Gasteiger partial charge in [0.05, 0.1) is 11.4 Å².